The number of alkyl halides is 3. The number of anilines is 2. The number of likely N-dealkylation sites (tertiary alicyclic amines) is 1. The van der Waals surface area contributed by atoms with Crippen molar-refractivity contribution in [3.05, 3.63) is 47.3 Å². The zero-order chi connectivity index (χ0) is 36.2. The van der Waals surface area contributed by atoms with Crippen molar-refractivity contribution in [3.8, 4) is 17.2 Å². The third kappa shape index (κ3) is 7.17. The average molecular weight is 705 g/mol. The molecule has 3 heterocycles. The van der Waals surface area contributed by atoms with E-state index < -0.39 is 63.4 Å². The third-order valence-electron chi connectivity index (χ3n) is 7.64. The van der Waals surface area contributed by atoms with Crippen LogP contribution in [0.1, 0.15) is 59.1 Å². The second-order valence-electron chi connectivity index (χ2n) is 13.5. The molecule has 260 valence electrons. The molecule has 2 aromatic heterocycles. The Bertz CT molecular complexity index is 2010. The van der Waals surface area contributed by atoms with Gasteiger partial charge in [0.25, 0.3) is 0 Å². The highest BCUT2D eigenvalue weighted by Crippen LogP contribution is 2.48. The number of likely N-dealkylation sites (N-methyl/N-ethyl adjacent to an activating group) is 1. The minimum Gasteiger partial charge on any atom is -0.444 e. The number of hydrogen-bond donors (Lipinski definition) is 1. The van der Waals surface area contributed by atoms with Crippen LogP contribution in [0, 0.1) is 23.0 Å². The standard InChI is InChI=1S/C33H33F5N6O4S/c1-31(2,3)47-29(45)42-28-19(13-39)22-17(8-9-21(34)26(22)49-28)23-20(33(36,37)38)12-18-25(24(23)35)40-15-41-27(18)43(7)16-10-11-44(14-16)30(46)48-32(4,5)6/h8-9,12,15-16H,10-11,14H2,1-7H3,(H,42,45)/t16-/m1/s1. The number of benzene rings is 2. The fraction of sp³-hybridized carbons (Fsp3) is 0.424. The summed E-state index contributed by atoms with van der Waals surface area (Å²) < 4.78 is 86.7. The van der Waals surface area contributed by atoms with Crippen molar-refractivity contribution in [1.29, 1.82) is 5.26 Å². The van der Waals surface area contributed by atoms with Gasteiger partial charge in [0, 0.05) is 42.5 Å². The van der Waals surface area contributed by atoms with E-state index in [-0.39, 0.29) is 44.4 Å². The van der Waals surface area contributed by atoms with Gasteiger partial charge < -0.3 is 19.3 Å². The van der Waals surface area contributed by atoms with Crippen LogP contribution in [-0.2, 0) is 15.7 Å². The summed E-state index contributed by atoms with van der Waals surface area (Å²) in [5, 5.41) is 11.7. The summed E-state index contributed by atoms with van der Waals surface area (Å²) in [6, 6.07) is 3.98. The van der Waals surface area contributed by atoms with Gasteiger partial charge in [0.05, 0.1) is 15.8 Å². The summed E-state index contributed by atoms with van der Waals surface area (Å²) in [5.41, 5.74) is -5.25. The van der Waals surface area contributed by atoms with E-state index in [9.17, 15) is 28.0 Å². The Balaban J connectivity index is 1.65. The number of aromatic nitrogens is 2. The molecule has 2 aromatic carbocycles. The molecular weight excluding hydrogens is 671 g/mol. The Morgan fingerprint density at radius 2 is 1.76 bits per heavy atom. The van der Waals surface area contributed by atoms with Crippen molar-refractivity contribution in [3.63, 3.8) is 0 Å². The number of carbonyl (C=O) groups excluding carboxylic acids is 2. The molecule has 49 heavy (non-hydrogen) atoms. The van der Waals surface area contributed by atoms with E-state index in [0.29, 0.717) is 24.3 Å². The Morgan fingerprint density at radius 1 is 1.08 bits per heavy atom. The first-order valence-corrected chi connectivity index (χ1v) is 15.9. The molecule has 0 aliphatic carbocycles. The van der Waals surface area contributed by atoms with Crippen LogP contribution in [0.2, 0.25) is 0 Å². The largest absolute Gasteiger partial charge is 0.444 e. The van der Waals surface area contributed by atoms with Crippen molar-refractivity contribution in [1.82, 2.24) is 14.9 Å². The number of fused-ring (bicyclic) bond motifs is 2. The lowest BCUT2D eigenvalue weighted by Crippen LogP contribution is -2.39. The molecule has 5 rings (SSSR count). The lowest BCUT2D eigenvalue weighted by molar-refractivity contribution is -0.137. The number of ether oxygens (including phenoxy) is 2. The first-order chi connectivity index (χ1) is 22.7. The summed E-state index contributed by atoms with van der Waals surface area (Å²) in [6.45, 7) is 10.5. The van der Waals surface area contributed by atoms with E-state index in [1.807, 2.05) is 6.07 Å². The van der Waals surface area contributed by atoms with Crippen LogP contribution in [0.4, 0.5) is 42.4 Å². The summed E-state index contributed by atoms with van der Waals surface area (Å²) >= 11 is 0.604. The Hall–Kier alpha value is -4.78. The predicted molar refractivity (Wildman–Crippen MR) is 174 cm³/mol. The van der Waals surface area contributed by atoms with Gasteiger partial charge in [-0.2, -0.15) is 18.4 Å². The maximum absolute atomic E-state index is 16.6. The first kappa shape index (κ1) is 35.5. The monoisotopic (exact) mass is 704 g/mol. The zero-order valence-electron chi connectivity index (χ0n) is 27.7. The number of nitrogens with one attached hydrogen (secondary N) is 1. The van der Waals surface area contributed by atoms with Gasteiger partial charge in [0.15, 0.2) is 5.82 Å². The molecule has 4 aromatic rings. The number of amides is 2. The van der Waals surface area contributed by atoms with Crippen LogP contribution in [0.25, 0.3) is 32.1 Å². The lowest BCUT2D eigenvalue weighted by Gasteiger charge is -2.28. The maximum Gasteiger partial charge on any atom is 0.417 e. The lowest BCUT2D eigenvalue weighted by atomic mass is 9.92. The molecule has 1 saturated heterocycles. The molecule has 1 atom stereocenters. The van der Waals surface area contributed by atoms with Crippen molar-refractivity contribution in [2.45, 2.75) is 71.4 Å². The van der Waals surface area contributed by atoms with E-state index >= 15 is 8.78 Å². The predicted octanol–water partition coefficient (Wildman–Crippen LogP) is 8.47. The topological polar surface area (TPSA) is 121 Å². The molecular formula is C33H33F5N6O4S. The number of carbonyl (C=O) groups is 2. The number of nitrogens with zero attached hydrogens (tertiary/aromatic N) is 5. The second-order valence-corrected chi connectivity index (χ2v) is 14.5. The molecule has 1 fully saturated rings. The number of halogens is 5. The third-order valence-corrected chi connectivity index (χ3v) is 8.75. The van der Waals surface area contributed by atoms with Crippen LogP contribution < -0.4 is 10.2 Å². The summed E-state index contributed by atoms with van der Waals surface area (Å²) in [7, 11) is 1.58. The zero-order valence-corrected chi connectivity index (χ0v) is 28.5. The summed E-state index contributed by atoms with van der Waals surface area (Å²) in [5.74, 6) is -2.26. The van der Waals surface area contributed by atoms with Crippen LogP contribution in [0.3, 0.4) is 0 Å². The van der Waals surface area contributed by atoms with E-state index in [1.54, 1.807) is 53.5 Å². The van der Waals surface area contributed by atoms with Crippen molar-refractivity contribution < 1.29 is 41.0 Å². The van der Waals surface area contributed by atoms with Gasteiger partial charge in [-0.05, 0) is 65.7 Å². The van der Waals surface area contributed by atoms with Gasteiger partial charge >= 0.3 is 18.4 Å². The van der Waals surface area contributed by atoms with Gasteiger partial charge in [-0.15, -0.1) is 11.3 Å². The van der Waals surface area contributed by atoms with E-state index in [2.05, 4.69) is 15.3 Å². The Labute approximate surface area is 282 Å². The van der Waals surface area contributed by atoms with Crippen LogP contribution in [-0.4, -0.2) is 64.4 Å². The molecule has 0 unspecified atom stereocenters. The van der Waals surface area contributed by atoms with Crippen molar-refractivity contribution in [2.75, 3.05) is 30.4 Å². The van der Waals surface area contributed by atoms with Crippen molar-refractivity contribution >= 4 is 55.3 Å². The molecule has 1 aliphatic rings. The molecule has 1 aliphatic heterocycles. The molecule has 0 radical (unpaired) electrons. The summed E-state index contributed by atoms with van der Waals surface area (Å²) in [6.07, 6.45) is -5.18. The Kier molecular flexibility index (Phi) is 9.13. The molecule has 1 N–H and O–H groups in total. The van der Waals surface area contributed by atoms with Crippen LogP contribution in [0.5, 0.6) is 0 Å². The molecule has 0 bridgehead atoms. The van der Waals surface area contributed by atoms with Gasteiger partial charge in [-0.1, -0.05) is 6.07 Å². The molecule has 0 spiro atoms. The highest BCUT2D eigenvalue weighted by molar-refractivity contribution is 7.23. The molecule has 16 heteroatoms. The summed E-state index contributed by atoms with van der Waals surface area (Å²) in [4.78, 5) is 36.4. The Morgan fingerprint density at radius 3 is 2.37 bits per heavy atom. The van der Waals surface area contributed by atoms with Gasteiger partial charge in [-0.25, -0.2) is 28.3 Å². The molecule has 0 saturated carbocycles. The molecule has 10 nitrogen and oxygen atoms in total. The van der Waals surface area contributed by atoms with Crippen LogP contribution >= 0.6 is 11.3 Å². The SMILES string of the molecule is CN(c1ncnc2c(F)c(-c3ccc(F)c4sc(NC(=O)OC(C)(C)C)c(C#N)c34)c(C(F)(F)F)cc12)[C@@H]1CCN(C(=O)OC(C)(C)C)C1. The second kappa shape index (κ2) is 12.6. The first-order valence-electron chi connectivity index (χ1n) is 15.1. The number of rotatable bonds is 4. The minimum absolute atomic E-state index is 0.00154. The van der Waals surface area contributed by atoms with Crippen LogP contribution in [0.15, 0.2) is 24.5 Å². The number of nitriles is 1. The fourth-order valence-corrected chi connectivity index (χ4v) is 6.68. The number of thiophene rings is 1. The van der Waals surface area contributed by atoms with E-state index in [1.165, 1.54) is 4.90 Å². The highest BCUT2D eigenvalue weighted by Gasteiger charge is 2.39. The highest BCUT2D eigenvalue weighted by atomic mass is 32.1. The quantitative estimate of drug-likeness (QED) is 0.210. The smallest absolute Gasteiger partial charge is 0.417 e. The maximum atomic E-state index is 16.6. The minimum atomic E-state index is -5.13. The molecule has 2 amide bonds. The van der Waals surface area contributed by atoms with Gasteiger partial charge in [-0.3, -0.25) is 5.32 Å². The normalized spacial score (nSPS) is 15.4. The van der Waals surface area contributed by atoms with Gasteiger partial charge in [0.2, 0.25) is 0 Å². The van der Waals surface area contributed by atoms with E-state index in [0.717, 1.165) is 24.5 Å². The number of hydrogen-bond acceptors (Lipinski definition) is 9. The fourth-order valence-electron chi connectivity index (χ4n) is 5.61. The van der Waals surface area contributed by atoms with Gasteiger partial charge in [0.1, 0.15) is 45.8 Å². The van der Waals surface area contributed by atoms with E-state index in [4.69, 9.17) is 9.47 Å². The van der Waals surface area contributed by atoms with Crippen molar-refractivity contribution in [2.24, 2.45) is 0 Å². The average Bonchev–Trinajstić information content (AvgIpc) is 3.61.